The lowest BCUT2D eigenvalue weighted by molar-refractivity contribution is -0.142. The molecule has 0 aliphatic rings. The van der Waals surface area contributed by atoms with Crippen molar-refractivity contribution in [3.05, 3.63) is 59.9 Å². The van der Waals surface area contributed by atoms with Gasteiger partial charge in [-0.1, -0.05) is 19.1 Å². The molecule has 0 radical (unpaired) electrons. The fourth-order valence-corrected chi connectivity index (χ4v) is 4.88. The number of nitrogens with zero attached hydrogens (tertiary/aromatic N) is 2. The molecule has 2 aromatic rings. The van der Waals surface area contributed by atoms with E-state index in [1.54, 1.807) is 24.1 Å². The Morgan fingerprint density at radius 3 is 2.14 bits per heavy atom. The molecule has 37 heavy (non-hydrogen) atoms. The molecule has 0 fully saturated rings. The Bertz CT molecular complexity index is 1150. The number of methoxy groups -OCH3 is 1. The molecular weight excluding hydrogens is 497 g/mol. The van der Waals surface area contributed by atoms with Crippen LogP contribution in [0.5, 0.6) is 5.75 Å². The first-order chi connectivity index (χ1) is 17.2. The van der Waals surface area contributed by atoms with Crippen molar-refractivity contribution in [1.29, 1.82) is 0 Å². The molecule has 10 heteroatoms. The van der Waals surface area contributed by atoms with Gasteiger partial charge in [0.15, 0.2) is 0 Å². The molecule has 0 aliphatic heterocycles. The standard InChI is InChI=1S/C27H38FN3O5S/c1-7-24(26(33)29-27(2,3)4)30(19-20-10-16-23(36-5)17-11-20)25(32)9-8-18-31(37(6,34)35)22-14-12-21(28)13-15-22/h10-17,24H,7-9,18-19H2,1-6H3,(H,29,33)/t24-/m1/s1. The van der Waals surface area contributed by atoms with E-state index in [9.17, 15) is 22.4 Å². The quantitative estimate of drug-likeness (QED) is 0.442. The van der Waals surface area contributed by atoms with E-state index >= 15 is 0 Å². The molecule has 2 aromatic carbocycles. The third kappa shape index (κ3) is 9.35. The second-order valence-electron chi connectivity index (χ2n) is 9.95. The number of carbonyl (C=O) groups excluding carboxylic acids is 2. The molecule has 2 amide bonds. The van der Waals surface area contributed by atoms with Gasteiger partial charge in [-0.05, 0) is 75.6 Å². The molecule has 1 N–H and O–H groups in total. The van der Waals surface area contributed by atoms with Crippen LogP contribution in [-0.4, -0.2) is 56.6 Å². The Hall–Kier alpha value is -3.14. The molecule has 204 valence electrons. The Balaban J connectivity index is 2.23. The number of halogens is 1. The molecule has 0 spiro atoms. The van der Waals surface area contributed by atoms with Crippen LogP contribution in [0.25, 0.3) is 0 Å². The van der Waals surface area contributed by atoms with E-state index < -0.39 is 27.4 Å². The van der Waals surface area contributed by atoms with E-state index in [2.05, 4.69) is 5.32 Å². The highest BCUT2D eigenvalue weighted by Crippen LogP contribution is 2.21. The zero-order valence-corrected chi connectivity index (χ0v) is 23.3. The van der Waals surface area contributed by atoms with Gasteiger partial charge < -0.3 is 15.0 Å². The summed E-state index contributed by atoms with van der Waals surface area (Å²) in [5.74, 6) is -0.304. The summed E-state index contributed by atoms with van der Waals surface area (Å²) in [5, 5.41) is 2.96. The molecule has 0 bridgehead atoms. The number of hydrogen-bond acceptors (Lipinski definition) is 5. The first-order valence-corrected chi connectivity index (χ1v) is 14.1. The molecule has 1 atom stereocenters. The van der Waals surface area contributed by atoms with Gasteiger partial charge in [0.25, 0.3) is 0 Å². The second-order valence-corrected chi connectivity index (χ2v) is 11.9. The lowest BCUT2D eigenvalue weighted by Gasteiger charge is -2.33. The maximum atomic E-state index is 13.5. The van der Waals surface area contributed by atoms with Gasteiger partial charge in [0.2, 0.25) is 21.8 Å². The lowest BCUT2D eigenvalue weighted by Crippen LogP contribution is -2.53. The van der Waals surface area contributed by atoms with Crippen LogP contribution >= 0.6 is 0 Å². The first-order valence-electron chi connectivity index (χ1n) is 12.2. The third-order valence-corrected chi connectivity index (χ3v) is 6.86. The average molecular weight is 536 g/mol. The monoisotopic (exact) mass is 535 g/mol. The Morgan fingerprint density at radius 2 is 1.65 bits per heavy atom. The zero-order chi connectivity index (χ0) is 27.8. The van der Waals surface area contributed by atoms with Crippen molar-refractivity contribution in [2.24, 2.45) is 0 Å². The molecule has 0 aromatic heterocycles. The highest BCUT2D eigenvalue weighted by Gasteiger charge is 2.30. The van der Waals surface area contributed by atoms with Crippen LogP contribution in [0.15, 0.2) is 48.5 Å². The highest BCUT2D eigenvalue weighted by molar-refractivity contribution is 7.92. The molecule has 0 aliphatic carbocycles. The van der Waals surface area contributed by atoms with Gasteiger partial charge in [-0.25, -0.2) is 12.8 Å². The van der Waals surface area contributed by atoms with Gasteiger partial charge in [0.05, 0.1) is 19.1 Å². The Labute approximate surface area is 219 Å². The van der Waals surface area contributed by atoms with Crippen LogP contribution in [0.4, 0.5) is 10.1 Å². The van der Waals surface area contributed by atoms with E-state index in [0.29, 0.717) is 17.9 Å². The van der Waals surface area contributed by atoms with Crippen LogP contribution in [-0.2, 0) is 26.2 Å². The molecule has 2 rings (SSSR count). The summed E-state index contributed by atoms with van der Waals surface area (Å²) in [6.45, 7) is 7.73. The van der Waals surface area contributed by atoms with Crippen LogP contribution < -0.4 is 14.4 Å². The molecule has 0 saturated carbocycles. The predicted molar refractivity (Wildman–Crippen MR) is 143 cm³/mol. The Morgan fingerprint density at radius 1 is 1.05 bits per heavy atom. The topological polar surface area (TPSA) is 96.0 Å². The number of benzene rings is 2. The van der Waals surface area contributed by atoms with Crippen molar-refractivity contribution in [3.8, 4) is 5.75 Å². The van der Waals surface area contributed by atoms with Gasteiger partial charge in [-0.2, -0.15) is 0 Å². The summed E-state index contributed by atoms with van der Waals surface area (Å²) in [6.07, 6.45) is 1.73. The number of hydrogen-bond donors (Lipinski definition) is 1. The fourth-order valence-electron chi connectivity index (χ4n) is 3.91. The number of amides is 2. The summed E-state index contributed by atoms with van der Waals surface area (Å²) < 4.78 is 44.4. The van der Waals surface area contributed by atoms with Crippen molar-refractivity contribution < 1.29 is 27.1 Å². The third-order valence-electron chi connectivity index (χ3n) is 5.66. The van der Waals surface area contributed by atoms with E-state index in [0.717, 1.165) is 16.1 Å². The van der Waals surface area contributed by atoms with Gasteiger partial charge in [-0.3, -0.25) is 13.9 Å². The average Bonchev–Trinajstić information content (AvgIpc) is 2.81. The van der Waals surface area contributed by atoms with Crippen molar-refractivity contribution in [1.82, 2.24) is 10.2 Å². The number of carbonyl (C=O) groups is 2. The SMILES string of the molecule is CC[C@H](C(=O)NC(C)(C)C)N(Cc1ccc(OC)cc1)C(=O)CCCN(c1ccc(F)cc1)S(C)(=O)=O. The number of nitrogens with one attached hydrogen (secondary N) is 1. The van der Waals surface area contributed by atoms with E-state index in [4.69, 9.17) is 4.74 Å². The van der Waals surface area contributed by atoms with Gasteiger partial charge >= 0.3 is 0 Å². The summed E-state index contributed by atoms with van der Waals surface area (Å²) in [4.78, 5) is 28.1. The van der Waals surface area contributed by atoms with Crippen LogP contribution in [0.2, 0.25) is 0 Å². The Kier molecular flexibility index (Phi) is 10.5. The molecular formula is C27H38FN3O5S. The first kappa shape index (κ1) is 30.1. The molecule has 0 heterocycles. The largest absolute Gasteiger partial charge is 0.497 e. The van der Waals surface area contributed by atoms with E-state index in [-0.39, 0.29) is 37.7 Å². The minimum atomic E-state index is -3.65. The van der Waals surface area contributed by atoms with Gasteiger partial charge in [-0.15, -0.1) is 0 Å². The fraction of sp³-hybridized carbons (Fsp3) is 0.481. The number of rotatable bonds is 12. The van der Waals surface area contributed by atoms with Crippen molar-refractivity contribution in [2.45, 2.75) is 65.1 Å². The number of sulfonamides is 1. The zero-order valence-electron chi connectivity index (χ0n) is 22.5. The summed E-state index contributed by atoms with van der Waals surface area (Å²) in [6, 6.07) is 11.7. The normalized spacial score (nSPS) is 12.5. The van der Waals surface area contributed by atoms with E-state index in [1.165, 1.54) is 24.3 Å². The summed E-state index contributed by atoms with van der Waals surface area (Å²) >= 11 is 0. The molecule has 0 saturated heterocycles. The maximum absolute atomic E-state index is 13.5. The number of anilines is 1. The summed E-state index contributed by atoms with van der Waals surface area (Å²) in [5.41, 5.74) is 0.687. The minimum absolute atomic E-state index is 0.0304. The second kappa shape index (κ2) is 12.9. The summed E-state index contributed by atoms with van der Waals surface area (Å²) in [7, 11) is -2.08. The predicted octanol–water partition coefficient (Wildman–Crippen LogP) is 4.10. The maximum Gasteiger partial charge on any atom is 0.243 e. The lowest BCUT2D eigenvalue weighted by atomic mass is 10.0. The van der Waals surface area contributed by atoms with Gasteiger partial charge in [0.1, 0.15) is 17.6 Å². The van der Waals surface area contributed by atoms with Crippen molar-refractivity contribution >= 4 is 27.5 Å². The highest BCUT2D eigenvalue weighted by atomic mass is 32.2. The van der Waals surface area contributed by atoms with E-state index in [1.807, 2.05) is 39.8 Å². The molecule has 8 nitrogen and oxygen atoms in total. The van der Waals surface area contributed by atoms with Gasteiger partial charge in [0, 0.05) is 25.0 Å². The van der Waals surface area contributed by atoms with Crippen LogP contribution in [0.3, 0.4) is 0 Å². The van der Waals surface area contributed by atoms with Crippen LogP contribution in [0, 0.1) is 5.82 Å². The van der Waals surface area contributed by atoms with Crippen molar-refractivity contribution in [2.75, 3.05) is 24.2 Å². The molecule has 0 unspecified atom stereocenters. The van der Waals surface area contributed by atoms with Crippen molar-refractivity contribution in [3.63, 3.8) is 0 Å². The smallest absolute Gasteiger partial charge is 0.243 e. The van der Waals surface area contributed by atoms with Crippen LogP contribution in [0.1, 0.15) is 52.5 Å². The number of ether oxygens (including phenoxy) is 1. The minimum Gasteiger partial charge on any atom is -0.497 e.